The van der Waals surface area contributed by atoms with Crippen LogP contribution in [0.15, 0.2) is 22.7 Å². The van der Waals surface area contributed by atoms with Crippen LogP contribution in [-0.4, -0.2) is 18.7 Å². The molecule has 0 saturated carbocycles. The van der Waals surface area contributed by atoms with Crippen molar-refractivity contribution >= 4 is 7.82 Å². The molecule has 0 amide bonds. The SMILES string of the molecule is O=P12OC3CCC4=C(N3)C(O1)C1=C(C4)NC(O1)O2. The van der Waals surface area contributed by atoms with Crippen molar-refractivity contribution in [2.24, 2.45) is 0 Å². The molecule has 18 heavy (non-hydrogen) atoms. The summed E-state index contributed by atoms with van der Waals surface area (Å²) in [6, 6.07) is 0. The number of nitrogens with one attached hydrogen (secondary N) is 2. The van der Waals surface area contributed by atoms with Crippen LogP contribution in [0, 0.1) is 0 Å². The molecule has 4 unspecified atom stereocenters. The molecule has 1 aliphatic carbocycles. The van der Waals surface area contributed by atoms with Crippen LogP contribution in [0.1, 0.15) is 19.3 Å². The van der Waals surface area contributed by atoms with E-state index in [0.29, 0.717) is 5.76 Å². The van der Waals surface area contributed by atoms with E-state index in [1.807, 2.05) is 0 Å². The number of ether oxygens (including phenoxy) is 1. The molecule has 8 heteroatoms. The molecule has 96 valence electrons. The molecule has 2 N–H and O–H groups in total. The van der Waals surface area contributed by atoms with E-state index in [-0.39, 0.29) is 6.23 Å². The lowest BCUT2D eigenvalue weighted by Crippen LogP contribution is -2.39. The zero-order chi connectivity index (χ0) is 11.9. The highest BCUT2D eigenvalue weighted by Crippen LogP contribution is 2.61. The maximum absolute atomic E-state index is 12.5. The van der Waals surface area contributed by atoms with Crippen molar-refractivity contribution in [3.05, 3.63) is 22.7 Å². The molecule has 4 aliphatic heterocycles. The van der Waals surface area contributed by atoms with Crippen LogP contribution in [0.5, 0.6) is 0 Å². The van der Waals surface area contributed by atoms with Crippen molar-refractivity contribution in [2.45, 2.75) is 38.0 Å². The summed E-state index contributed by atoms with van der Waals surface area (Å²) >= 11 is 0. The molecular formula is C10H11N2O5P. The molecule has 5 rings (SSSR count). The minimum atomic E-state index is -3.59. The van der Waals surface area contributed by atoms with Gasteiger partial charge in [-0.2, -0.15) is 0 Å². The summed E-state index contributed by atoms with van der Waals surface area (Å²) in [6.07, 6.45) is 0.934. The number of rotatable bonds is 0. The van der Waals surface area contributed by atoms with Gasteiger partial charge in [0.05, 0.1) is 11.4 Å². The van der Waals surface area contributed by atoms with E-state index in [0.717, 1.165) is 30.7 Å². The van der Waals surface area contributed by atoms with Crippen molar-refractivity contribution in [1.29, 1.82) is 0 Å². The molecule has 4 atom stereocenters. The van der Waals surface area contributed by atoms with Crippen LogP contribution in [0.3, 0.4) is 0 Å². The standard InChI is InChI=1S/C10H11N2O5P/c13-18-15-6-2-1-4-3-5-8(14-10(11-5)17-18)9(16-18)7(4)12-6/h6,9-12H,1-3H2. The minimum Gasteiger partial charge on any atom is -0.446 e. The van der Waals surface area contributed by atoms with Crippen LogP contribution in [0.25, 0.3) is 0 Å². The zero-order valence-corrected chi connectivity index (χ0v) is 10.2. The molecule has 2 saturated heterocycles. The molecular weight excluding hydrogens is 259 g/mol. The first-order valence-electron chi connectivity index (χ1n) is 6.00. The molecule has 5 aliphatic rings. The summed E-state index contributed by atoms with van der Waals surface area (Å²) in [5, 5.41) is 6.33. The van der Waals surface area contributed by atoms with E-state index >= 15 is 0 Å². The van der Waals surface area contributed by atoms with Gasteiger partial charge >= 0.3 is 7.82 Å². The Morgan fingerprint density at radius 3 is 3.11 bits per heavy atom. The smallest absolute Gasteiger partial charge is 0.446 e. The van der Waals surface area contributed by atoms with Gasteiger partial charge in [0.25, 0.3) is 6.41 Å². The van der Waals surface area contributed by atoms with Gasteiger partial charge in [0, 0.05) is 6.42 Å². The Morgan fingerprint density at radius 2 is 2.17 bits per heavy atom. The third kappa shape index (κ3) is 1.13. The van der Waals surface area contributed by atoms with Crippen molar-refractivity contribution in [3.63, 3.8) is 0 Å². The Hall–Kier alpha value is -1.01. The molecule has 7 nitrogen and oxygen atoms in total. The fraction of sp³-hybridized carbons (Fsp3) is 0.600. The number of hydrogen-bond donors (Lipinski definition) is 2. The normalized spacial score (nSPS) is 47.4. The fourth-order valence-electron chi connectivity index (χ4n) is 3.07. The summed E-state index contributed by atoms with van der Waals surface area (Å²) in [6.45, 7) is 0. The van der Waals surface area contributed by atoms with Gasteiger partial charge in [0.1, 0.15) is 6.23 Å². The number of phosphoric ester groups is 1. The lowest BCUT2D eigenvalue weighted by atomic mass is 9.90. The molecule has 0 aromatic rings. The maximum Gasteiger partial charge on any atom is 0.482 e. The maximum atomic E-state index is 12.5. The fourth-order valence-corrected chi connectivity index (χ4v) is 4.48. The molecule has 0 aromatic carbocycles. The summed E-state index contributed by atoms with van der Waals surface area (Å²) in [5.74, 6) is 0.676. The predicted molar refractivity (Wildman–Crippen MR) is 57.5 cm³/mol. The monoisotopic (exact) mass is 270 g/mol. The van der Waals surface area contributed by atoms with E-state index in [4.69, 9.17) is 18.3 Å². The van der Waals surface area contributed by atoms with Gasteiger partial charge in [-0.15, -0.1) is 0 Å². The highest BCUT2D eigenvalue weighted by atomic mass is 31.2. The van der Waals surface area contributed by atoms with Crippen LogP contribution < -0.4 is 10.6 Å². The van der Waals surface area contributed by atoms with E-state index in [9.17, 15) is 4.57 Å². The quantitative estimate of drug-likeness (QED) is 0.636. The predicted octanol–water partition coefficient (Wildman–Crippen LogP) is 1.02. The minimum absolute atomic E-state index is 0.306. The summed E-state index contributed by atoms with van der Waals surface area (Å²) in [7, 11) is -3.59. The second-order valence-electron chi connectivity index (χ2n) is 4.95. The molecule has 0 aromatic heterocycles. The van der Waals surface area contributed by atoms with Crippen molar-refractivity contribution in [2.75, 3.05) is 0 Å². The average molecular weight is 270 g/mol. The Kier molecular flexibility index (Phi) is 1.61. The van der Waals surface area contributed by atoms with Gasteiger partial charge in [-0.1, -0.05) is 0 Å². The molecule has 0 radical (unpaired) electrons. The Balaban J connectivity index is 1.76. The first kappa shape index (κ1) is 9.86. The largest absolute Gasteiger partial charge is 0.482 e. The van der Waals surface area contributed by atoms with Crippen LogP contribution in [0.4, 0.5) is 0 Å². The topological polar surface area (TPSA) is 78.1 Å². The van der Waals surface area contributed by atoms with Crippen LogP contribution in [-0.2, 0) is 22.9 Å². The zero-order valence-electron chi connectivity index (χ0n) is 9.34. The van der Waals surface area contributed by atoms with Crippen LogP contribution in [0.2, 0.25) is 0 Å². The van der Waals surface area contributed by atoms with Gasteiger partial charge < -0.3 is 15.4 Å². The molecule has 2 fully saturated rings. The number of fused-ring (bicyclic) bond motifs is 3. The van der Waals surface area contributed by atoms with Crippen LogP contribution >= 0.6 is 7.82 Å². The summed E-state index contributed by atoms with van der Waals surface area (Å²) in [4.78, 5) is 0. The van der Waals surface area contributed by atoms with Gasteiger partial charge in [0.15, 0.2) is 11.9 Å². The average Bonchev–Trinajstić information content (AvgIpc) is 2.54. The Labute approximate surface area is 103 Å². The number of allylic oxidation sites excluding steroid dienone is 1. The van der Waals surface area contributed by atoms with Gasteiger partial charge in [-0.25, -0.2) is 9.09 Å². The third-order valence-electron chi connectivity index (χ3n) is 3.84. The van der Waals surface area contributed by atoms with Gasteiger partial charge in [-0.05, 0) is 18.4 Å². The first-order chi connectivity index (χ1) is 8.70. The molecule has 6 bridgehead atoms. The Bertz CT molecular complexity index is 571. The van der Waals surface area contributed by atoms with Gasteiger partial charge in [-0.3, -0.25) is 9.05 Å². The Morgan fingerprint density at radius 1 is 1.22 bits per heavy atom. The molecule has 4 heterocycles. The lowest BCUT2D eigenvalue weighted by molar-refractivity contribution is -0.0533. The van der Waals surface area contributed by atoms with Crippen molar-refractivity contribution in [3.8, 4) is 0 Å². The molecule has 0 spiro atoms. The highest BCUT2D eigenvalue weighted by molar-refractivity contribution is 7.48. The lowest BCUT2D eigenvalue weighted by Gasteiger charge is -2.31. The highest BCUT2D eigenvalue weighted by Gasteiger charge is 2.53. The van der Waals surface area contributed by atoms with E-state index in [1.165, 1.54) is 5.57 Å². The van der Waals surface area contributed by atoms with Gasteiger partial charge in [0.2, 0.25) is 0 Å². The van der Waals surface area contributed by atoms with Crippen molar-refractivity contribution < 1.29 is 22.9 Å². The second-order valence-corrected chi connectivity index (χ2v) is 6.47. The van der Waals surface area contributed by atoms with E-state index in [2.05, 4.69) is 10.6 Å². The summed E-state index contributed by atoms with van der Waals surface area (Å²) < 4.78 is 34.4. The number of hydrogen-bond acceptors (Lipinski definition) is 7. The summed E-state index contributed by atoms with van der Waals surface area (Å²) in [5.41, 5.74) is 3.18. The number of phosphoric acid groups is 1. The third-order valence-corrected chi connectivity index (χ3v) is 5.27. The first-order valence-corrected chi connectivity index (χ1v) is 7.46. The second kappa shape index (κ2) is 2.93. The van der Waals surface area contributed by atoms with E-state index in [1.54, 1.807) is 0 Å². The van der Waals surface area contributed by atoms with Crippen molar-refractivity contribution in [1.82, 2.24) is 10.6 Å². The van der Waals surface area contributed by atoms with E-state index < -0.39 is 20.3 Å².